The van der Waals surface area contributed by atoms with Crippen LogP contribution in [0, 0.1) is 0 Å². The first-order valence-electron chi connectivity index (χ1n) is 5.70. The minimum absolute atomic E-state index is 0.102. The lowest BCUT2D eigenvalue weighted by atomic mass is 10.2. The van der Waals surface area contributed by atoms with Crippen molar-refractivity contribution in [1.29, 1.82) is 0 Å². The molecule has 1 unspecified atom stereocenters. The van der Waals surface area contributed by atoms with Crippen LogP contribution in [0.15, 0.2) is 0 Å². The first-order valence-corrected chi connectivity index (χ1v) is 7.14. The number of likely N-dealkylation sites (N-methyl/N-ethyl adjacent to an activating group) is 1. The molecule has 2 fully saturated rings. The topological polar surface area (TPSA) is 78.7 Å². The fourth-order valence-corrected chi connectivity index (χ4v) is 3.64. The zero-order valence-corrected chi connectivity index (χ0v) is 10.4. The SMILES string of the molecule is CN1CCN(S(=O)(=O)NC2CC2)C(CN)C1. The number of hydrogen-bond acceptors (Lipinski definition) is 4. The molecule has 6 nitrogen and oxygen atoms in total. The summed E-state index contributed by atoms with van der Waals surface area (Å²) in [6.07, 6.45) is 1.92. The molecule has 3 N–H and O–H groups in total. The zero-order valence-electron chi connectivity index (χ0n) is 9.59. The summed E-state index contributed by atoms with van der Waals surface area (Å²) in [5.41, 5.74) is 5.64. The number of rotatable bonds is 4. The molecule has 16 heavy (non-hydrogen) atoms. The Labute approximate surface area is 97.0 Å². The smallest absolute Gasteiger partial charge is 0.280 e. The van der Waals surface area contributed by atoms with Crippen molar-refractivity contribution in [3.63, 3.8) is 0 Å². The Balaban J connectivity index is 2.05. The maximum absolute atomic E-state index is 12.1. The highest BCUT2D eigenvalue weighted by atomic mass is 32.2. The lowest BCUT2D eigenvalue weighted by Crippen LogP contribution is -2.59. The summed E-state index contributed by atoms with van der Waals surface area (Å²) in [4.78, 5) is 2.11. The molecule has 0 aromatic rings. The molecule has 0 amide bonds. The highest BCUT2D eigenvalue weighted by molar-refractivity contribution is 7.87. The van der Waals surface area contributed by atoms with Crippen molar-refractivity contribution in [2.45, 2.75) is 24.9 Å². The average Bonchev–Trinajstić information content (AvgIpc) is 3.00. The third-order valence-electron chi connectivity index (χ3n) is 3.11. The van der Waals surface area contributed by atoms with Crippen molar-refractivity contribution >= 4 is 10.2 Å². The second kappa shape index (κ2) is 4.58. The van der Waals surface area contributed by atoms with Crippen LogP contribution in [0.3, 0.4) is 0 Å². The van der Waals surface area contributed by atoms with Crippen molar-refractivity contribution in [1.82, 2.24) is 13.9 Å². The Bertz CT molecular complexity index is 341. The standard InChI is InChI=1S/C9H20N4O2S/c1-12-4-5-13(9(6-10)7-12)16(14,15)11-8-2-3-8/h8-9,11H,2-7,10H2,1H3. The third-order valence-corrected chi connectivity index (χ3v) is 4.83. The molecule has 1 aliphatic heterocycles. The predicted molar refractivity (Wildman–Crippen MR) is 62.1 cm³/mol. The number of nitrogens with zero attached hydrogens (tertiary/aromatic N) is 2. The van der Waals surface area contributed by atoms with Gasteiger partial charge in [0.05, 0.1) is 6.04 Å². The molecule has 1 saturated heterocycles. The van der Waals surface area contributed by atoms with Crippen LogP contribution in [0.4, 0.5) is 0 Å². The van der Waals surface area contributed by atoms with Gasteiger partial charge in [-0.25, -0.2) is 0 Å². The van der Waals surface area contributed by atoms with Crippen molar-refractivity contribution < 1.29 is 8.42 Å². The van der Waals surface area contributed by atoms with Gasteiger partial charge in [0.25, 0.3) is 10.2 Å². The first-order chi connectivity index (χ1) is 7.53. The lowest BCUT2D eigenvalue weighted by molar-refractivity contribution is 0.162. The summed E-state index contributed by atoms with van der Waals surface area (Å²) < 4.78 is 28.3. The van der Waals surface area contributed by atoms with Crippen LogP contribution in [0.25, 0.3) is 0 Å². The van der Waals surface area contributed by atoms with E-state index in [9.17, 15) is 8.42 Å². The van der Waals surface area contributed by atoms with Crippen LogP contribution >= 0.6 is 0 Å². The molecule has 0 aromatic heterocycles. The van der Waals surface area contributed by atoms with E-state index in [1.807, 2.05) is 7.05 Å². The summed E-state index contributed by atoms with van der Waals surface area (Å²) in [7, 11) is -1.34. The minimum atomic E-state index is -3.33. The van der Waals surface area contributed by atoms with Crippen molar-refractivity contribution in [3.8, 4) is 0 Å². The summed E-state index contributed by atoms with van der Waals surface area (Å²) >= 11 is 0. The van der Waals surface area contributed by atoms with Gasteiger partial charge in [-0.3, -0.25) is 0 Å². The van der Waals surface area contributed by atoms with Crippen LogP contribution in [-0.2, 0) is 10.2 Å². The monoisotopic (exact) mass is 248 g/mol. The van der Waals surface area contributed by atoms with Gasteiger partial charge in [0.1, 0.15) is 0 Å². The quantitative estimate of drug-likeness (QED) is 0.638. The number of nitrogens with two attached hydrogens (primary N) is 1. The van der Waals surface area contributed by atoms with E-state index in [-0.39, 0.29) is 12.1 Å². The van der Waals surface area contributed by atoms with Gasteiger partial charge in [0.15, 0.2) is 0 Å². The Morgan fingerprint density at radius 3 is 2.62 bits per heavy atom. The van der Waals surface area contributed by atoms with Crippen LogP contribution in [0.5, 0.6) is 0 Å². The zero-order chi connectivity index (χ0) is 11.8. The second-order valence-corrected chi connectivity index (χ2v) is 6.31. The molecule has 0 radical (unpaired) electrons. The summed E-state index contributed by atoms with van der Waals surface area (Å²) in [5.74, 6) is 0. The molecule has 1 heterocycles. The predicted octanol–water partition coefficient (Wildman–Crippen LogP) is -1.44. The van der Waals surface area contributed by atoms with Gasteiger partial charge < -0.3 is 10.6 Å². The van der Waals surface area contributed by atoms with Gasteiger partial charge in [0.2, 0.25) is 0 Å². The molecule has 2 rings (SSSR count). The fourth-order valence-electron chi connectivity index (χ4n) is 1.98. The summed E-state index contributed by atoms with van der Waals surface area (Å²) in [6.45, 7) is 2.38. The maximum Gasteiger partial charge on any atom is 0.280 e. The normalized spacial score (nSPS) is 29.5. The molecular weight excluding hydrogens is 228 g/mol. The van der Waals surface area contributed by atoms with E-state index in [4.69, 9.17) is 5.73 Å². The molecule has 1 saturated carbocycles. The van der Waals surface area contributed by atoms with Gasteiger partial charge in [-0.2, -0.15) is 17.4 Å². The molecule has 94 valence electrons. The van der Waals surface area contributed by atoms with Gasteiger partial charge in [-0.1, -0.05) is 0 Å². The number of hydrogen-bond donors (Lipinski definition) is 2. The molecule has 1 aliphatic carbocycles. The molecule has 7 heteroatoms. The molecule has 0 bridgehead atoms. The van der Waals surface area contributed by atoms with E-state index in [2.05, 4.69) is 9.62 Å². The van der Waals surface area contributed by atoms with E-state index < -0.39 is 10.2 Å². The third kappa shape index (κ3) is 2.72. The van der Waals surface area contributed by atoms with Gasteiger partial charge >= 0.3 is 0 Å². The molecular formula is C9H20N4O2S. The molecule has 0 spiro atoms. The Morgan fingerprint density at radius 1 is 1.38 bits per heavy atom. The van der Waals surface area contributed by atoms with Crippen LogP contribution in [-0.4, -0.2) is 62.9 Å². The van der Waals surface area contributed by atoms with Gasteiger partial charge in [-0.05, 0) is 19.9 Å². The Kier molecular flexibility index (Phi) is 3.50. The summed E-state index contributed by atoms with van der Waals surface area (Å²) in [6, 6.07) is 0.0538. The van der Waals surface area contributed by atoms with E-state index in [0.717, 1.165) is 19.4 Å². The van der Waals surface area contributed by atoms with Gasteiger partial charge in [0, 0.05) is 32.2 Å². The van der Waals surface area contributed by atoms with Crippen LogP contribution in [0.2, 0.25) is 0 Å². The number of nitrogens with one attached hydrogen (secondary N) is 1. The van der Waals surface area contributed by atoms with Crippen LogP contribution in [0.1, 0.15) is 12.8 Å². The molecule has 1 atom stereocenters. The minimum Gasteiger partial charge on any atom is -0.329 e. The summed E-state index contributed by atoms with van der Waals surface area (Å²) in [5, 5.41) is 0. The van der Waals surface area contributed by atoms with Crippen molar-refractivity contribution in [2.75, 3.05) is 33.2 Å². The van der Waals surface area contributed by atoms with Gasteiger partial charge in [-0.15, -0.1) is 0 Å². The largest absolute Gasteiger partial charge is 0.329 e. The maximum atomic E-state index is 12.1. The van der Waals surface area contributed by atoms with E-state index in [0.29, 0.717) is 19.6 Å². The number of piperazine rings is 1. The second-order valence-electron chi connectivity index (χ2n) is 4.66. The van der Waals surface area contributed by atoms with Crippen molar-refractivity contribution in [3.05, 3.63) is 0 Å². The van der Waals surface area contributed by atoms with E-state index in [1.54, 1.807) is 0 Å². The average molecular weight is 248 g/mol. The molecule has 2 aliphatic rings. The fraction of sp³-hybridized carbons (Fsp3) is 1.00. The van der Waals surface area contributed by atoms with Crippen molar-refractivity contribution in [2.24, 2.45) is 5.73 Å². The van der Waals surface area contributed by atoms with E-state index >= 15 is 0 Å². The Morgan fingerprint density at radius 2 is 2.06 bits per heavy atom. The Hall–Kier alpha value is -0.210. The highest BCUT2D eigenvalue weighted by Gasteiger charge is 2.36. The van der Waals surface area contributed by atoms with Crippen LogP contribution < -0.4 is 10.5 Å². The van der Waals surface area contributed by atoms with E-state index in [1.165, 1.54) is 4.31 Å². The highest BCUT2D eigenvalue weighted by Crippen LogP contribution is 2.22. The molecule has 0 aromatic carbocycles. The lowest BCUT2D eigenvalue weighted by Gasteiger charge is -2.38. The first kappa shape index (κ1) is 12.3.